The number of aromatic nitrogens is 2. The molecular formula is C45H55ClN4O3. The van der Waals surface area contributed by atoms with Crippen molar-refractivity contribution in [2.75, 3.05) is 40.9 Å². The second kappa shape index (κ2) is 17.3. The van der Waals surface area contributed by atoms with Gasteiger partial charge in [-0.25, -0.2) is 0 Å². The fraction of sp³-hybridized carbons (Fsp3) is 0.422. The zero-order chi connectivity index (χ0) is 36.2. The molecule has 1 aliphatic carbocycles. The Morgan fingerprint density at radius 1 is 0.868 bits per heavy atom. The number of hydrogen-bond acceptors (Lipinski definition) is 6. The third kappa shape index (κ3) is 8.80. The van der Waals surface area contributed by atoms with E-state index >= 15 is 0 Å². The van der Waals surface area contributed by atoms with Crippen molar-refractivity contribution < 1.29 is 14.3 Å². The van der Waals surface area contributed by atoms with E-state index < -0.39 is 0 Å². The molecule has 1 unspecified atom stereocenters. The quantitative estimate of drug-likeness (QED) is 0.151. The number of carbonyl (C=O) groups excluding carboxylic acids is 1. The van der Waals surface area contributed by atoms with E-state index in [1.165, 1.54) is 51.7 Å². The molecule has 0 amide bonds. The van der Waals surface area contributed by atoms with Gasteiger partial charge in [0.1, 0.15) is 0 Å². The van der Waals surface area contributed by atoms with Crippen LogP contribution >= 0.6 is 12.4 Å². The molecule has 53 heavy (non-hydrogen) atoms. The van der Waals surface area contributed by atoms with Crippen LogP contribution in [0.4, 0.5) is 0 Å². The Kier molecular flexibility index (Phi) is 12.6. The van der Waals surface area contributed by atoms with Gasteiger partial charge in [0.2, 0.25) is 0 Å². The molecule has 1 saturated heterocycles. The third-order valence-electron chi connectivity index (χ3n) is 11.5. The highest BCUT2D eigenvalue weighted by Crippen LogP contribution is 2.40. The zero-order valence-electron chi connectivity index (χ0n) is 32.1. The number of likely N-dealkylation sites (tertiary alicyclic amines) is 1. The number of ether oxygens (including phenoxy) is 2. The molecular weight excluding hydrogens is 680 g/mol. The summed E-state index contributed by atoms with van der Waals surface area (Å²) < 4.78 is 13.3. The van der Waals surface area contributed by atoms with Crippen LogP contribution in [0.1, 0.15) is 68.8 Å². The molecule has 0 N–H and O–H groups in total. The van der Waals surface area contributed by atoms with E-state index in [0.29, 0.717) is 17.4 Å². The number of likely N-dealkylation sites (N-methyl/N-ethyl adjacent to an activating group) is 1. The molecule has 2 aliphatic heterocycles. The van der Waals surface area contributed by atoms with E-state index in [9.17, 15) is 4.79 Å². The number of pyridine rings is 1. The van der Waals surface area contributed by atoms with Crippen LogP contribution in [0.2, 0.25) is 0 Å². The minimum Gasteiger partial charge on any atom is -0.493 e. The summed E-state index contributed by atoms with van der Waals surface area (Å²) in [6.45, 7) is 10.7. The summed E-state index contributed by atoms with van der Waals surface area (Å²) in [6.07, 6.45) is 8.39. The number of benzene rings is 3. The number of fused-ring (bicyclic) bond motifs is 4. The largest absolute Gasteiger partial charge is 0.493 e. The number of hydrogen-bond donors (Lipinski definition) is 0. The Balaban J connectivity index is 0.000000180. The Morgan fingerprint density at radius 2 is 1.62 bits per heavy atom. The monoisotopic (exact) mass is 734 g/mol. The maximum atomic E-state index is 12.9. The summed E-state index contributed by atoms with van der Waals surface area (Å²) in [6, 6.07) is 25.7. The van der Waals surface area contributed by atoms with E-state index in [0.717, 1.165) is 81.8 Å². The summed E-state index contributed by atoms with van der Waals surface area (Å²) >= 11 is 0. The van der Waals surface area contributed by atoms with E-state index in [2.05, 4.69) is 94.0 Å². The van der Waals surface area contributed by atoms with E-state index in [1.54, 1.807) is 14.2 Å². The summed E-state index contributed by atoms with van der Waals surface area (Å²) in [5.41, 5.74) is 11.5. The van der Waals surface area contributed by atoms with Crippen LogP contribution in [-0.2, 0) is 38.9 Å². The molecule has 8 rings (SSSR count). The van der Waals surface area contributed by atoms with Crippen molar-refractivity contribution in [2.24, 2.45) is 11.8 Å². The summed E-state index contributed by atoms with van der Waals surface area (Å²) in [7, 11) is 5.48. The molecule has 0 radical (unpaired) electrons. The van der Waals surface area contributed by atoms with E-state index in [4.69, 9.17) is 9.47 Å². The Bertz CT molecular complexity index is 2000. The fourth-order valence-electron chi connectivity index (χ4n) is 8.55. The molecule has 280 valence electrons. The van der Waals surface area contributed by atoms with Crippen LogP contribution in [0.25, 0.3) is 10.9 Å². The molecule has 4 heterocycles. The van der Waals surface area contributed by atoms with Crippen LogP contribution in [-0.4, -0.2) is 66.0 Å². The number of rotatable bonds is 9. The molecule has 5 aromatic rings. The molecule has 8 heteroatoms. The molecule has 3 aliphatic rings. The highest BCUT2D eigenvalue weighted by Gasteiger charge is 2.34. The van der Waals surface area contributed by atoms with Crippen LogP contribution in [0.15, 0.2) is 79.0 Å². The number of aryl methyl sites for hydroxylation is 4. The third-order valence-corrected chi connectivity index (χ3v) is 11.5. The predicted octanol–water partition coefficient (Wildman–Crippen LogP) is 8.67. The molecule has 3 aromatic carbocycles. The second-order valence-electron chi connectivity index (χ2n) is 15.2. The standard InChI is InChI=1S/C24H29NO3.C21H25N3.ClH/c1-27-22-14-19-13-20(24(26)21(19)15-23(22)28-2)12-17-8-10-25(11-9-17)16-18-6-4-3-5-7-18;1-15-4-7-20-18(12-15)19-14-23(3)10-9-21(19)24(20)11-8-17-6-5-16(2)22-13-17;/h3-7,14-15,17,20H,8-13,16H2,1-2H3;4-7,12-13H,8-11,14H2,1-3H3;1H. The van der Waals surface area contributed by atoms with Crippen LogP contribution in [0.3, 0.4) is 0 Å². The first-order valence-electron chi connectivity index (χ1n) is 19.1. The minimum atomic E-state index is 0. The van der Waals surface area contributed by atoms with Gasteiger partial charge in [-0.1, -0.05) is 48.0 Å². The summed E-state index contributed by atoms with van der Waals surface area (Å²) in [4.78, 5) is 22.3. The van der Waals surface area contributed by atoms with Gasteiger partial charge in [0, 0.05) is 72.6 Å². The molecule has 0 spiro atoms. The summed E-state index contributed by atoms with van der Waals surface area (Å²) in [5, 5.41) is 1.44. The Morgan fingerprint density at radius 3 is 2.34 bits per heavy atom. The minimum absolute atomic E-state index is 0. The van der Waals surface area contributed by atoms with E-state index in [-0.39, 0.29) is 24.1 Å². The van der Waals surface area contributed by atoms with Gasteiger partial charge < -0.3 is 18.9 Å². The van der Waals surface area contributed by atoms with Crippen LogP contribution in [0, 0.1) is 25.7 Å². The highest BCUT2D eigenvalue weighted by atomic mass is 35.5. The second-order valence-corrected chi connectivity index (χ2v) is 15.2. The van der Waals surface area contributed by atoms with Gasteiger partial charge in [0.25, 0.3) is 0 Å². The van der Waals surface area contributed by atoms with Gasteiger partial charge in [-0.3, -0.25) is 14.7 Å². The Hall–Kier alpha value is -4.17. The van der Waals surface area contributed by atoms with Crippen molar-refractivity contribution in [3.05, 3.63) is 124 Å². The first-order valence-corrected chi connectivity index (χ1v) is 19.1. The van der Waals surface area contributed by atoms with Gasteiger partial charge in [-0.2, -0.15) is 0 Å². The molecule has 0 bridgehead atoms. The lowest BCUT2D eigenvalue weighted by atomic mass is 9.85. The SMILES string of the molecule is COc1cc2c(cc1OC)C(=O)C(CC1CCN(Cc3ccccc3)CC1)C2.Cc1ccc2c(c1)c1c(n2CCc2ccc(C)nc2)CCN(C)C1.Cl. The normalized spacial score (nSPS) is 17.5. The predicted molar refractivity (Wildman–Crippen MR) is 217 cm³/mol. The molecule has 1 fully saturated rings. The maximum Gasteiger partial charge on any atom is 0.166 e. The molecule has 1 atom stereocenters. The molecule has 0 saturated carbocycles. The topological polar surface area (TPSA) is 59.8 Å². The van der Waals surface area contributed by atoms with Crippen molar-refractivity contribution in [2.45, 2.75) is 72.0 Å². The number of nitrogens with zero attached hydrogens (tertiary/aromatic N) is 4. The van der Waals surface area contributed by atoms with Crippen molar-refractivity contribution in [3.8, 4) is 11.5 Å². The molecule has 7 nitrogen and oxygen atoms in total. The van der Waals surface area contributed by atoms with Gasteiger partial charge >= 0.3 is 0 Å². The zero-order valence-corrected chi connectivity index (χ0v) is 32.9. The maximum absolute atomic E-state index is 12.9. The fourth-order valence-corrected chi connectivity index (χ4v) is 8.55. The van der Waals surface area contributed by atoms with Crippen molar-refractivity contribution in [1.82, 2.24) is 19.4 Å². The number of piperidine rings is 1. The highest BCUT2D eigenvalue weighted by molar-refractivity contribution is 6.03. The first kappa shape index (κ1) is 38.6. The van der Waals surface area contributed by atoms with Gasteiger partial charge in [0.15, 0.2) is 17.3 Å². The smallest absolute Gasteiger partial charge is 0.166 e. The van der Waals surface area contributed by atoms with Gasteiger partial charge in [-0.15, -0.1) is 12.4 Å². The number of halogens is 1. The lowest BCUT2D eigenvalue weighted by Crippen LogP contribution is -2.34. The van der Waals surface area contributed by atoms with E-state index in [1.807, 2.05) is 25.3 Å². The number of methoxy groups -OCH3 is 2. The molecule has 2 aromatic heterocycles. The lowest BCUT2D eigenvalue weighted by molar-refractivity contribution is 0.0895. The lowest BCUT2D eigenvalue weighted by Gasteiger charge is -2.32. The van der Waals surface area contributed by atoms with Gasteiger partial charge in [0.05, 0.1) is 14.2 Å². The van der Waals surface area contributed by atoms with Crippen molar-refractivity contribution >= 4 is 29.1 Å². The Labute approximate surface area is 321 Å². The van der Waals surface area contributed by atoms with Crippen LogP contribution < -0.4 is 9.47 Å². The number of Topliss-reactive ketones (excluding diaryl/α,β-unsaturated/α-hetero) is 1. The summed E-state index contributed by atoms with van der Waals surface area (Å²) in [5.74, 6) is 2.38. The number of ketones is 1. The van der Waals surface area contributed by atoms with Gasteiger partial charge in [-0.05, 0) is 125 Å². The van der Waals surface area contributed by atoms with Crippen molar-refractivity contribution in [1.29, 1.82) is 0 Å². The van der Waals surface area contributed by atoms with Crippen molar-refractivity contribution in [3.63, 3.8) is 0 Å². The number of carbonyl (C=O) groups is 1. The average molecular weight is 735 g/mol. The average Bonchev–Trinajstić information content (AvgIpc) is 3.63. The van der Waals surface area contributed by atoms with Crippen LogP contribution in [0.5, 0.6) is 11.5 Å². The first-order chi connectivity index (χ1) is 25.3.